The summed E-state index contributed by atoms with van der Waals surface area (Å²) in [5.41, 5.74) is 7.47. The molecule has 41 heavy (non-hydrogen) atoms. The van der Waals surface area contributed by atoms with Gasteiger partial charge in [0.15, 0.2) is 0 Å². The number of nitrogens with one attached hydrogen (secondary N) is 1. The van der Waals surface area contributed by atoms with Gasteiger partial charge in [-0.15, -0.1) is 0 Å². The van der Waals surface area contributed by atoms with Crippen LogP contribution in [0.25, 0.3) is 0 Å². The topological polar surface area (TPSA) is 41.6 Å². The number of carbonyl (C=O) groups excluding carboxylic acids is 1. The van der Waals surface area contributed by atoms with Crippen molar-refractivity contribution in [1.29, 1.82) is 0 Å². The van der Waals surface area contributed by atoms with Gasteiger partial charge in [-0.1, -0.05) is 97.2 Å². The molecule has 0 bridgehead atoms. The molecule has 1 unspecified atom stereocenters. The van der Waals surface area contributed by atoms with Gasteiger partial charge in [0.25, 0.3) is 5.91 Å². The van der Waals surface area contributed by atoms with E-state index in [1.807, 2.05) is 25.1 Å². The molecule has 1 saturated heterocycles. The fourth-order valence-electron chi connectivity index (χ4n) is 6.29. The molecule has 0 radical (unpaired) electrons. The molecule has 214 valence electrons. The van der Waals surface area contributed by atoms with Gasteiger partial charge in [0.1, 0.15) is 0 Å². The van der Waals surface area contributed by atoms with Gasteiger partial charge < -0.3 is 15.0 Å². The van der Waals surface area contributed by atoms with Gasteiger partial charge in [0, 0.05) is 53.5 Å². The number of nitrogens with zero attached hydrogens (tertiary/aromatic N) is 1. The first kappa shape index (κ1) is 29.2. The SMILES string of the molecule is CC1=C(COCCC(c2ccccc2)c2ccccc2)C(c2cccc(Cl)c2)C(C(=O)N2CCCCCC2)=C(C)N1. The smallest absolute Gasteiger partial charge is 0.252 e. The van der Waals surface area contributed by atoms with Crippen LogP contribution < -0.4 is 5.32 Å². The average Bonchev–Trinajstić information content (AvgIpc) is 3.28. The zero-order valence-corrected chi connectivity index (χ0v) is 25.0. The van der Waals surface area contributed by atoms with Crippen molar-refractivity contribution in [3.63, 3.8) is 0 Å². The van der Waals surface area contributed by atoms with E-state index in [1.165, 1.54) is 24.0 Å². The van der Waals surface area contributed by atoms with E-state index in [1.54, 1.807) is 0 Å². The van der Waals surface area contributed by atoms with Gasteiger partial charge in [-0.05, 0) is 67.5 Å². The molecule has 1 N–H and O–H groups in total. The summed E-state index contributed by atoms with van der Waals surface area (Å²) in [5, 5.41) is 4.20. The zero-order chi connectivity index (χ0) is 28.6. The molecule has 5 heteroatoms. The molecular weight excluding hydrogens is 528 g/mol. The molecule has 3 aromatic carbocycles. The molecule has 0 spiro atoms. The Hall–Kier alpha value is -3.34. The number of hydrogen-bond acceptors (Lipinski definition) is 3. The van der Waals surface area contributed by atoms with Gasteiger partial charge in [-0.25, -0.2) is 0 Å². The highest BCUT2D eigenvalue weighted by atomic mass is 35.5. The standard InChI is InChI=1S/C36H41ClN2O2/c1-26-33(25-41-23-20-32(28-14-7-5-8-15-28)29-16-9-6-10-17-29)35(30-18-13-19-31(37)24-30)34(27(2)38-26)36(40)39-21-11-3-4-12-22-39/h5-10,13-19,24,32,35,38H,3-4,11-12,20-23,25H2,1-2H3. The number of likely N-dealkylation sites (tertiary alicyclic amines) is 1. The number of ether oxygens (including phenoxy) is 1. The van der Waals surface area contributed by atoms with Gasteiger partial charge in [0.05, 0.1) is 6.61 Å². The monoisotopic (exact) mass is 568 g/mol. The Kier molecular flexibility index (Phi) is 9.97. The fourth-order valence-corrected chi connectivity index (χ4v) is 6.49. The number of carbonyl (C=O) groups is 1. The Balaban J connectivity index is 1.37. The van der Waals surface area contributed by atoms with Crippen LogP contribution in [0.5, 0.6) is 0 Å². The number of allylic oxidation sites excluding steroid dienone is 2. The third kappa shape index (κ3) is 7.12. The Morgan fingerprint density at radius 2 is 1.51 bits per heavy atom. The highest BCUT2D eigenvalue weighted by Crippen LogP contribution is 2.40. The molecule has 2 aliphatic heterocycles. The van der Waals surface area contributed by atoms with E-state index in [2.05, 4.69) is 83.9 Å². The first-order valence-electron chi connectivity index (χ1n) is 14.9. The summed E-state index contributed by atoms with van der Waals surface area (Å²) in [7, 11) is 0. The van der Waals surface area contributed by atoms with Crippen LogP contribution in [0, 0.1) is 0 Å². The van der Waals surface area contributed by atoms with Gasteiger partial charge in [0.2, 0.25) is 0 Å². The molecule has 0 saturated carbocycles. The Morgan fingerprint density at radius 3 is 2.12 bits per heavy atom. The summed E-state index contributed by atoms with van der Waals surface area (Å²) >= 11 is 6.49. The lowest BCUT2D eigenvalue weighted by molar-refractivity contribution is -0.127. The maximum absolute atomic E-state index is 14.1. The van der Waals surface area contributed by atoms with Gasteiger partial charge in [-0.3, -0.25) is 4.79 Å². The molecule has 1 amide bonds. The fraction of sp³-hybridized carbons (Fsp3) is 0.361. The molecule has 2 heterocycles. The zero-order valence-electron chi connectivity index (χ0n) is 24.2. The third-order valence-corrected chi connectivity index (χ3v) is 8.65. The largest absolute Gasteiger partial charge is 0.377 e. The van der Waals surface area contributed by atoms with Crippen molar-refractivity contribution in [3.8, 4) is 0 Å². The molecular formula is C36H41ClN2O2. The summed E-state index contributed by atoms with van der Waals surface area (Å²) in [6.45, 7) is 6.78. The summed E-state index contributed by atoms with van der Waals surface area (Å²) in [4.78, 5) is 16.2. The molecule has 0 aromatic heterocycles. The number of dihydropyridines is 1. The number of rotatable bonds is 9. The molecule has 3 aromatic rings. The summed E-state index contributed by atoms with van der Waals surface area (Å²) in [6, 6.07) is 29.2. The van der Waals surface area contributed by atoms with Crippen LogP contribution in [-0.4, -0.2) is 37.1 Å². The van der Waals surface area contributed by atoms with E-state index in [-0.39, 0.29) is 17.7 Å². The van der Waals surface area contributed by atoms with Crippen LogP contribution in [0.1, 0.15) is 74.5 Å². The van der Waals surface area contributed by atoms with Crippen molar-refractivity contribution in [2.75, 3.05) is 26.3 Å². The number of benzene rings is 3. The van der Waals surface area contributed by atoms with Gasteiger partial charge in [-0.2, -0.15) is 0 Å². The van der Waals surface area contributed by atoms with Crippen LogP contribution in [0.15, 0.2) is 107 Å². The molecule has 5 rings (SSSR count). The molecule has 4 nitrogen and oxygen atoms in total. The lowest BCUT2D eigenvalue weighted by Crippen LogP contribution is -2.39. The van der Waals surface area contributed by atoms with Crippen LogP contribution in [0.4, 0.5) is 0 Å². The maximum atomic E-state index is 14.1. The van der Waals surface area contributed by atoms with Crippen molar-refractivity contribution in [2.24, 2.45) is 0 Å². The Labute approximate surface area is 250 Å². The van der Waals surface area contributed by atoms with Crippen molar-refractivity contribution < 1.29 is 9.53 Å². The Bertz CT molecular complexity index is 1340. The molecule has 1 fully saturated rings. The van der Waals surface area contributed by atoms with Crippen molar-refractivity contribution in [1.82, 2.24) is 10.2 Å². The normalized spacial score (nSPS) is 18.0. The predicted octanol–water partition coefficient (Wildman–Crippen LogP) is 8.22. The molecule has 1 atom stereocenters. The quantitative estimate of drug-likeness (QED) is 0.264. The minimum absolute atomic E-state index is 0.125. The lowest BCUT2D eigenvalue weighted by atomic mass is 9.80. The van der Waals surface area contributed by atoms with E-state index >= 15 is 0 Å². The summed E-state index contributed by atoms with van der Waals surface area (Å²) in [5.74, 6) is 0.174. The highest BCUT2D eigenvalue weighted by molar-refractivity contribution is 6.30. The number of amides is 1. The second-order valence-corrected chi connectivity index (χ2v) is 11.7. The maximum Gasteiger partial charge on any atom is 0.252 e. The highest BCUT2D eigenvalue weighted by Gasteiger charge is 2.35. The summed E-state index contributed by atoms with van der Waals surface area (Å²) in [6.07, 6.45) is 5.35. The van der Waals surface area contributed by atoms with E-state index in [4.69, 9.17) is 16.3 Å². The minimum atomic E-state index is -0.204. The van der Waals surface area contributed by atoms with E-state index in [0.29, 0.717) is 18.2 Å². The molecule has 0 aliphatic carbocycles. The van der Waals surface area contributed by atoms with Crippen molar-refractivity contribution in [3.05, 3.63) is 129 Å². The minimum Gasteiger partial charge on any atom is -0.377 e. The summed E-state index contributed by atoms with van der Waals surface area (Å²) < 4.78 is 6.45. The van der Waals surface area contributed by atoms with Gasteiger partial charge >= 0.3 is 0 Å². The average molecular weight is 569 g/mol. The molecule has 2 aliphatic rings. The lowest BCUT2D eigenvalue weighted by Gasteiger charge is -2.34. The Morgan fingerprint density at radius 1 is 0.878 bits per heavy atom. The number of halogens is 1. The van der Waals surface area contributed by atoms with E-state index in [0.717, 1.165) is 60.5 Å². The van der Waals surface area contributed by atoms with Crippen LogP contribution >= 0.6 is 11.6 Å². The van der Waals surface area contributed by atoms with E-state index in [9.17, 15) is 4.79 Å². The van der Waals surface area contributed by atoms with Crippen LogP contribution in [0.2, 0.25) is 5.02 Å². The number of hydrogen-bond donors (Lipinski definition) is 1. The second kappa shape index (κ2) is 14.0. The van der Waals surface area contributed by atoms with Crippen LogP contribution in [0.3, 0.4) is 0 Å². The third-order valence-electron chi connectivity index (χ3n) is 8.42. The van der Waals surface area contributed by atoms with Crippen molar-refractivity contribution in [2.45, 2.75) is 57.8 Å². The van der Waals surface area contributed by atoms with E-state index < -0.39 is 0 Å². The first-order chi connectivity index (χ1) is 20.0. The second-order valence-electron chi connectivity index (χ2n) is 11.2. The first-order valence-corrected chi connectivity index (χ1v) is 15.3. The van der Waals surface area contributed by atoms with Crippen molar-refractivity contribution >= 4 is 17.5 Å². The van der Waals surface area contributed by atoms with Crippen LogP contribution in [-0.2, 0) is 9.53 Å². The predicted molar refractivity (Wildman–Crippen MR) is 168 cm³/mol.